The van der Waals surface area contributed by atoms with Crippen LogP contribution in [0, 0.1) is 0 Å². The molecule has 20 heavy (non-hydrogen) atoms. The summed E-state index contributed by atoms with van der Waals surface area (Å²) in [5.41, 5.74) is 7.30. The topological polar surface area (TPSA) is 74.7 Å². The Morgan fingerprint density at radius 2 is 2.40 bits per heavy atom. The number of nitrogens with zero attached hydrogens (tertiary/aromatic N) is 3. The third-order valence-corrected chi connectivity index (χ3v) is 3.95. The van der Waals surface area contributed by atoms with E-state index in [0.717, 1.165) is 13.1 Å². The zero-order chi connectivity index (χ0) is 14.4. The number of aromatic nitrogens is 1. The summed E-state index contributed by atoms with van der Waals surface area (Å²) in [5, 5.41) is 11.7. The van der Waals surface area contributed by atoms with E-state index in [9.17, 15) is 0 Å². The molecule has 1 aliphatic heterocycles. The molecule has 0 aliphatic carbocycles. The molecule has 1 fully saturated rings. The van der Waals surface area contributed by atoms with Gasteiger partial charge in [0.2, 0.25) is 0 Å². The van der Waals surface area contributed by atoms with Crippen LogP contribution in [0.2, 0.25) is 0 Å². The van der Waals surface area contributed by atoms with Gasteiger partial charge in [-0.2, -0.15) is 0 Å². The summed E-state index contributed by atoms with van der Waals surface area (Å²) in [5.74, 6) is 0.0654. The van der Waals surface area contributed by atoms with Gasteiger partial charge >= 0.3 is 0 Å². The summed E-state index contributed by atoms with van der Waals surface area (Å²) in [6, 6.07) is 4.60. The Balaban J connectivity index is 2.08. The highest BCUT2D eigenvalue weighted by molar-refractivity contribution is 5.95. The summed E-state index contributed by atoms with van der Waals surface area (Å²) in [6.45, 7) is 4.32. The highest BCUT2D eigenvalue weighted by atomic mass is 16.4. The third kappa shape index (κ3) is 3.70. The molecule has 110 valence electrons. The predicted octanol–water partition coefficient (Wildman–Crippen LogP) is 2.33. The summed E-state index contributed by atoms with van der Waals surface area (Å²) in [6.07, 6.45) is 8.13. The second kappa shape index (κ2) is 7.24. The van der Waals surface area contributed by atoms with Crippen LogP contribution in [-0.4, -0.2) is 33.5 Å². The minimum absolute atomic E-state index is 0.0654. The summed E-state index contributed by atoms with van der Waals surface area (Å²) in [7, 11) is 0. The fourth-order valence-corrected chi connectivity index (χ4v) is 2.93. The maximum absolute atomic E-state index is 8.73. The van der Waals surface area contributed by atoms with E-state index in [1.807, 2.05) is 12.1 Å². The van der Waals surface area contributed by atoms with Crippen molar-refractivity contribution >= 4 is 5.84 Å². The van der Waals surface area contributed by atoms with E-state index in [1.165, 1.54) is 37.7 Å². The van der Waals surface area contributed by atoms with Crippen LogP contribution in [0.3, 0.4) is 0 Å². The molecule has 1 unspecified atom stereocenters. The molecule has 2 heterocycles. The Bertz CT molecular complexity index is 459. The number of rotatable bonds is 5. The summed E-state index contributed by atoms with van der Waals surface area (Å²) >= 11 is 0. The van der Waals surface area contributed by atoms with Gasteiger partial charge in [-0.3, -0.25) is 9.88 Å². The Labute approximate surface area is 120 Å². The molecule has 2 rings (SSSR count). The predicted molar refractivity (Wildman–Crippen MR) is 79.7 cm³/mol. The summed E-state index contributed by atoms with van der Waals surface area (Å²) < 4.78 is 0. The van der Waals surface area contributed by atoms with Crippen molar-refractivity contribution in [1.82, 2.24) is 9.88 Å². The SMILES string of the molecule is CCCC1CCCCN1Cc1ccnc(/C(N)=N/O)c1. The second-order valence-corrected chi connectivity index (χ2v) is 5.44. The van der Waals surface area contributed by atoms with Crippen LogP contribution in [0.1, 0.15) is 50.3 Å². The van der Waals surface area contributed by atoms with Crippen LogP contribution < -0.4 is 5.73 Å². The van der Waals surface area contributed by atoms with Gasteiger partial charge in [-0.1, -0.05) is 24.9 Å². The normalized spacial score (nSPS) is 21.1. The first-order valence-electron chi connectivity index (χ1n) is 7.41. The Morgan fingerprint density at radius 1 is 1.55 bits per heavy atom. The average Bonchev–Trinajstić information content (AvgIpc) is 2.49. The zero-order valence-electron chi connectivity index (χ0n) is 12.1. The number of pyridine rings is 1. The van der Waals surface area contributed by atoms with Crippen LogP contribution in [0.25, 0.3) is 0 Å². The number of hydrogen-bond acceptors (Lipinski definition) is 4. The first kappa shape index (κ1) is 14.8. The van der Waals surface area contributed by atoms with E-state index in [1.54, 1.807) is 6.20 Å². The van der Waals surface area contributed by atoms with E-state index in [2.05, 4.69) is 22.0 Å². The Kier molecular flexibility index (Phi) is 5.35. The molecule has 0 spiro atoms. The molecule has 5 nitrogen and oxygen atoms in total. The van der Waals surface area contributed by atoms with Crippen LogP contribution in [-0.2, 0) is 6.54 Å². The van der Waals surface area contributed by atoms with Crippen molar-refractivity contribution in [1.29, 1.82) is 0 Å². The Hall–Kier alpha value is -1.62. The van der Waals surface area contributed by atoms with Crippen LogP contribution >= 0.6 is 0 Å². The zero-order valence-corrected chi connectivity index (χ0v) is 12.1. The van der Waals surface area contributed by atoms with E-state index in [0.29, 0.717) is 11.7 Å². The fourth-order valence-electron chi connectivity index (χ4n) is 2.93. The van der Waals surface area contributed by atoms with E-state index in [4.69, 9.17) is 10.9 Å². The third-order valence-electron chi connectivity index (χ3n) is 3.95. The highest BCUT2D eigenvalue weighted by Crippen LogP contribution is 2.22. The average molecular weight is 276 g/mol. The molecule has 1 aromatic heterocycles. The number of oxime groups is 1. The first-order chi connectivity index (χ1) is 9.74. The number of nitrogens with two attached hydrogens (primary N) is 1. The van der Waals surface area contributed by atoms with Crippen molar-refractivity contribution in [3.8, 4) is 0 Å². The van der Waals surface area contributed by atoms with Gasteiger partial charge in [0.25, 0.3) is 0 Å². The summed E-state index contributed by atoms with van der Waals surface area (Å²) in [4.78, 5) is 6.68. The van der Waals surface area contributed by atoms with E-state index < -0.39 is 0 Å². The number of likely N-dealkylation sites (tertiary alicyclic amines) is 1. The van der Waals surface area contributed by atoms with Gasteiger partial charge in [-0.25, -0.2) is 0 Å². The van der Waals surface area contributed by atoms with E-state index >= 15 is 0 Å². The lowest BCUT2D eigenvalue weighted by molar-refractivity contribution is 0.131. The maximum atomic E-state index is 8.73. The molecule has 0 radical (unpaired) electrons. The van der Waals surface area contributed by atoms with Gasteiger partial charge in [-0.15, -0.1) is 0 Å². The number of hydrogen-bond donors (Lipinski definition) is 2. The molecule has 1 saturated heterocycles. The standard InChI is InChI=1S/C15H24N4O/c1-2-5-13-6-3-4-9-19(13)11-12-7-8-17-14(10-12)15(16)18-20/h7-8,10,13,20H,2-6,9,11H2,1H3,(H2,16,18). The van der Waals surface area contributed by atoms with Crippen molar-refractivity contribution in [3.63, 3.8) is 0 Å². The fraction of sp³-hybridized carbons (Fsp3) is 0.600. The van der Waals surface area contributed by atoms with Crippen molar-refractivity contribution in [3.05, 3.63) is 29.6 Å². The number of piperidine rings is 1. The van der Waals surface area contributed by atoms with Gasteiger partial charge in [0.1, 0.15) is 5.69 Å². The lowest BCUT2D eigenvalue weighted by Crippen LogP contribution is -2.38. The molecule has 0 aromatic carbocycles. The van der Waals surface area contributed by atoms with Gasteiger partial charge in [-0.05, 0) is 43.5 Å². The molecular formula is C15H24N4O. The molecular weight excluding hydrogens is 252 g/mol. The van der Waals surface area contributed by atoms with Crippen LogP contribution in [0.15, 0.2) is 23.5 Å². The highest BCUT2D eigenvalue weighted by Gasteiger charge is 2.21. The molecule has 1 atom stereocenters. The molecule has 0 bridgehead atoms. The number of amidine groups is 1. The molecule has 5 heteroatoms. The van der Waals surface area contributed by atoms with Gasteiger partial charge < -0.3 is 10.9 Å². The largest absolute Gasteiger partial charge is 0.409 e. The van der Waals surface area contributed by atoms with Crippen molar-refractivity contribution in [2.45, 2.75) is 51.6 Å². The monoisotopic (exact) mass is 276 g/mol. The lowest BCUT2D eigenvalue weighted by atomic mass is 9.97. The lowest BCUT2D eigenvalue weighted by Gasteiger charge is -2.35. The molecule has 1 aromatic rings. The maximum Gasteiger partial charge on any atom is 0.188 e. The van der Waals surface area contributed by atoms with Crippen LogP contribution in [0.4, 0.5) is 0 Å². The van der Waals surface area contributed by atoms with Gasteiger partial charge in [0.15, 0.2) is 5.84 Å². The Morgan fingerprint density at radius 3 is 3.15 bits per heavy atom. The van der Waals surface area contributed by atoms with Crippen molar-refractivity contribution in [2.75, 3.05) is 6.54 Å². The van der Waals surface area contributed by atoms with Crippen molar-refractivity contribution in [2.24, 2.45) is 10.9 Å². The smallest absolute Gasteiger partial charge is 0.188 e. The van der Waals surface area contributed by atoms with E-state index in [-0.39, 0.29) is 5.84 Å². The van der Waals surface area contributed by atoms with Gasteiger partial charge in [0, 0.05) is 18.8 Å². The molecule has 1 aliphatic rings. The second-order valence-electron chi connectivity index (χ2n) is 5.44. The minimum atomic E-state index is 0.0654. The van der Waals surface area contributed by atoms with Crippen molar-refractivity contribution < 1.29 is 5.21 Å². The quantitative estimate of drug-likeness (QED) is 0.374. The molecule has 0 saturated carbocycles. The first-order valence-corrected chi connectivity index (χ1v) is 7.41. The minimum Gasteiger partial charge on any atom is -0.409 e. The van der Waals surface area contributed by atoms with Gasteiger partial charge in [0.05, 0.1) is 0 Å². The molecule has 0 amide bonds. The molecule has 3 N–H and O–H groups in total. The van der Waals surface area contributed by atoms with Crippen LogP contribution in [0.5, 0.6) is 0 Å².